The predicted molar refractivity (Wildman–Crippen MR) is 175 cm³/mol. The van der Waals surface area contributed by atoms with E-state index in [1.54, 1.807) is 54.5 Å². The van der Waals surface area contributed by atoms with Crippen LogP contribution in [0.5, 0.6) is 5.75 Å². The summed E-state index contributed by atoms with van der Waals surface area (Å²) < 4.78 is 30.9. The summed E-state index contributed by atoms with van der Waals surface area (Å²) in [6, 6.07) is 19.3. The number of ether oxygens (including phenoxy) is 1. The third-order valence-corrected chi connectivity index (χ3v) is 9.10. The molecule has 8 nitrogen and oxygen atoms in total. The molecule has 2 amide bonds. The lowest BCUT2D eigenvalue weighted by Gasteiger charge is -2.30. The van der Waals surface area contributed by atoms with Crippen molar-refractivity contribution in [3.8, 4) is 17.0 Å². The van der Waals surface area contributed by atoms with E-state index in [0.29, 0.717) is 43.9 Å². The summed E-state index contributed by atoms with van der Waals surface area (Å²) in [4.78, 5) is 29.1. The first-order valence-electron chi connectivity index (χ1n) is 14.1. The molecule has 0 spiro atoms. The van der Waals surface area contributed by atoms with Gasteiger partial charge in [0.2, 0.25) is 0 Å². The first-order chi connectivity index (χ1) is 20.8. The number of carbonyl (C=O) groups is 2. The Morgan fingerprint density at radius 1 is 0.977 bits per heavy atom. The number of nitrogens with one attached hydrogen (secondary N) is 1. The monoisotopic (exact) mass is 653 g/mol. The van der Waals surface area contributed by atoms with E-state index in [0.717, 1.165) is 23.1 Å². The largest absolute Gasteiger partial charge is 0.496 e. The van der Waals surface area contributed by atoms with Crippen LogP contribution < -0.4 is 15.0 Å². The molecule has 2 heterocycles. The average molecular weight is 655 g/mol. The van der Waals surface area contributed by atoms with Gasteiger partial charge in [-0.1, -0.05) is 41.4 Å². The third-order valence-electron chi connectivity index (χ3n) is 7.67. The molecule has 1 aromatic heterocycles. The number of anilines is 1. The number of halogens is 2. The Labute approximate surface area is 267 Å². The Bertz CT molecular complexity index is 1870. The fourth-order valence-corrected chi connectivity index (χ4v) is 6.43. The lowest BCUT2D eigenvalue weighted by molar-refractivity contribution is 0.0954. The Balaban J connectivity index is 1.68. The zero-order valence-corrected chi connectivity index (χ0v) is 27.3. The number of amides is 2. The number of methoxy groups -OCH3 is 1. The second-order valence-corrected chi connectivity index (χ2v) is 14.3. The van der Waals surface area contributed by atoms with E-state index in [-0.39, 0.29) is 24.2 Å². The highest BCUT2D eigenvalue weighted by Gasteiger charge is 2.44. The van der Waals surface area contributed by atoms with Gasteiger partial charge in [-0.3, -0.25) is 14.5 Å². The standard InChI is InChI=1S/C33H33Cl2N3O5S/c1-19(2)37-28(25-16-22(9-13-29(25)43-4)32(39)36-14-15-44(5,41)42)18-26-31(37)30(21-7-11-23(34)12-8-21)38(33(26)40)27-17-24(35)10-6-20(27)3/h6-13,16-19,30H,14-15H2,1-5H3,(H,36,39). The van der Waals surface area contributed by atoms with E-state index in [1.165, 1.54) is 0 Å². The maximum absolute atomic E-state index is 14.4. The molecule has 230 valence electrons. The molecule has 4 aromatic rings. The highest BCUT2D eigenvalue weighted by Crippen LogP contribution is 2.48. The van der Waals surface area contributed by atoms with Crippen LogP contribution in [0.25, 0.3) is 11.3 Å². The highest BCUT2D eigenvalue weighted by molar-refractivity contribution is 7.90. The zero-order chi connectivity index (χ0) is 31.9. The van der Waals surface area contributed by atoms with Crippen molar-refractivity contribution in [2.24, 2.45) is 0 Å². The number of rotatable bonds is 9. The summed E-state index contributed by atoms with van der Waals surface area (Å²) >= 11 is 12.7. The average Bonchev–Trinajstić information content (AvgIpc) is 3.49. The number of aryl methyl sites for hydroxylation is 1. The number of carbonyl (C=O) groups excluding carboxylic acids is 2. The second kappa shape index (κ2) is 12.3. The van der Waals surface area contributed by atoms with E-state index >= 15 is 0 Å². The zero-order valence-electron chi connectivity index (χ0n) is 25.0. The van der Waals surface area contributed by atoms with Gasteiger partial charge in [0.15, 0.2) is 0 Å². The van der Waals surface area contributed by atoms with E-state index in [9.17, 15) is 18.0 Å². The van der Waals surface area contributed by atoms with Gasteiger partial charge in [-0.25, -0.2) is 8.42 Å². The minimum atomic E-state index is -3.23. The van der Waals surface area contributed by atoms with Gasteiger partial charge in [0.05, 0.1) is 29.8 Å². The molecule has 3 aromatic carbocycles. The van der Waals surface area contributed by atoms with E-state index < -0.39 is 21.8 Å². The molecular formula is C33H33Cl2N3O5S. The van der Waals surface area contributed by atoms with Crippen LogP contribution in [0.2, 0.25) is 10.0 Å². The summed E-state index contributed by atoms with van der Waals surface area (Å²) in [5.74, 6) is -0.236. The van der Waals surface area contributed by atoms with Crippen LogP contribution in [0.4, 0.5) is 5.69 Å². The van der Waals surface area contributed by atoms with Crippen molar-refractivity contribution >= 4 is 50.5 Å². The smallest absolute Gasteiger partial charge is 0.261 e. The highest BCUT2D eigenvalue weighted by atomic mass is 35.5. The number of aromatic nitrogens is 1. The van der Waals surface area contributed by atoms with Gasteiger partial charge in [0.1, 0.15) is 21.6 Å². The van der Waals surface area contributed by atoms with Gasteiger partial charge in [-0.2, -0.15) is 0 Å². The summed E-state index contributed by atoms with van der Waals surface area (Å²) in [6.07, 6.45) is 1.12. The summed E-state index contributed by atoms with van der Waals surface area (Å²) in [6.45, 7) is 6.01. The quantitative estimate of drug-likeness (QED) is 0.212. The fraction of sp³-hybridized carbons (Fsp3) is 0.273. The summed E-state index contributed by atoms with van der Waals surface area (Å²) in [5.41, 5.74) is 5.48. The van der Waals surface area contributed by atoms with Crippen LogP contribution in [0.1, 0.15) is 63.5 Å². The maximum Gasteiger partial charge on any atom is 0.261 e. The van der Waals surface area contributed by atoms with Crippen LogP contribution >= 0.6 is 23.2 Å². The molecular weight excluding hydrogens is 621 g/mol. The van der Waals surface area contributed by atoms with Crippen LogP contribution in [-0.4, -0.2) is 50.5 Å². The normalized spacial score (nSPS) is 14.7. The number of sulfone groups is 1. The summed E-state index contributed by atoms with van der Waals surface area (Å²) in [5, 5.41) is 3.78. The lowest BCUT2D eigenvalue weighted by Crippen LogP contribution is -2.30. The number of hydrogen-bond acceptors (Lipinski definition) is 5. The number of nitrogens with zero attached hydrogens (tertiary/aromatic N) is 2. The van der Waals surface area contributed by atoms with Gasteiger partial charge in [-0.15, -0.1) is 0 Å². The molecule has 0 bridgehead atoms. The third kappa shape index (κ3) is 6.09. The van der Waals surface area contributed by atoms with Gasteiger partial charge >= 0.3 is 0 Å². The van der Waals surface area contributed by atoms with Crippen LogP contribution in [0.3, 0.4) is 0 Å². The molecule has 11 heteroatoms. The molecule has 5 rings (SSSR count). The Morgan fingerprint density at radius 3 is 2.30 bits per heavy atom. The van der Waals surface area contributed by atoms with Gasteiger partial charge in [0.25, 0.3) is 11.8 Å². The van der Waals surface area contributed by atoms with E-state index in [2.05, 4.69) is 9.88 Å². The van der Waals surface area contributed by atoms with Gasteiger partial charge in [-0.05, 0) is 80.4 Å². The first-order valence-corrected chi connectivity index (χ1v) is 16.9. The molecule has 44 heavy (non-hydrogen) atoms. The molecule has 1 unspecified atom stereocenters. The minimum absolute atomic E-state index is 0.00821. The van der Waals surface area contributed by atoms with Gasteiger partial charge in [0, 0.05) is 45.7 Å². The maximum atomic E-state index is 14.4. The Morgan fingerprint density at radius 2 is 1.66 bits per heavy atom. The molecule has 1 atom stereocenters. The number of fused-ring (bicyclic) bond motifs is 1. The molecule has 0 fully saturated rings. The SMILES string of the molecule is COc1ccc(C(=O)NCCS(C)(=O)=O)cc1-c1cc2c(n1C(C)C)C(c1ccc(Cl)cc1)N(c1cc(Cl)ccc1C)C2=O. The lowest BCUT2D eigenvalue weighted by atomic mass is 10.0. The first kappa shape index (κ1) is 31.6. The van der Waals surface area contributed by atoms with Gasteiger partial charge < -0.3 is 14.6 Å². The van der Waals surface area contributed by atoms with Crippen molar-refractivity contribution in [1.29, 1.82) is 0 Å². The van der Waals surface area contributed by atoms with Crippen molar-refractivity contribution in [3.63, 3.8) is 0 Å². The topological polar surface area (TPSA) is 97.7 Å². The second-order valence-electron chi connectivity index (χ2n) is 11.2. The van der Waals surface area contributed by atoms with E-state index in [1.807, 2.05) is 45.0 Å². The number of benzene rings is 3. The van der Waals surface area contributed by atoms with Crippen molar-refractivity contribution in [3.05, 3.63) is 105 Å². The predicted octanol–water partition coefficient (Wildman–Crippen LogP) is 6.88. The minimum Gasteiger partial charge on any atom is -0.496 e. The van der Waals surface area contributed by atoms with Crippen LogP contribution in [0, 0.1) is 6.92 Å². The molecule has 0 aliphatic carbocycles. The molecule has 0 radical (unpaired) electrons. The van der Waals surface area contributed by atoms with Crippen LogP contribution in [-0.2, 0) is 9.84 Å². The van der Waals surface area contributed by atoms with Crippen molar-refractivity contribution in [2.45, 2.75) is 32.9 Å². The van der Waals surface area contributed by atoms with Crippen molar-refractivity contribution in [2.75, 3.05) is 30.6 Å². The van der Waals surface area contributed by atoms with E-state index in [4.69, 9.17) is 27.9 Å². The van der Waals surface area contributed by atoms with Crippen molar-refractivity contribution in [1.82, 2.24) is 9.88 Å². The number of hydrogen-bond donors (Lipinski definition) is 1. The molecule has 0 saturated carbocycles. The molecule has 1 aliphatic heterocycles. The molecule has 0 saturated heterocycles. The fourth-order valence-electron chi connectivity index (χ4n) is 5.67. The molecule has 1 aliphatic rings. The Hall–Kier alpha value is -3.79. The van der Waals surface area contributed by atoms with Crippen LogP contribution in [0.15, 0.2) is 66.7 Å². The van der Waals surface area contributed by atoms with Crippen molar-refractivity contribution < 1.29 is 22.7 Å². The summed E-state index contributed by atoms with van der Waals surface area (Å²) in [7, 11) is -1.68. The molecule has 1 N–H and O–H groups in total. The Kier molecular flexibility index (Phi) is 8.84.